The third-order valence-corrected chi connectivity index (χ3v) is 9.18. The largest absolute Gasteiger partial charge is 0.490 e. The van der Waals surface area contributed by atoms with E-state index in [9.17, 15) is 33.4 Å². The van der Waals surface area contributed by atoms with Gasteiger partial charge in [-0.2, -0.15) is 13.6 Å². The summed E-state index contributed by atoms with van der Waals surface area (Å²) in [4.78, 5) is 52.7. The van der Waals surface area contributed by atoms with Crippen molar-refractivity contribution in [3.05, 3.63) is 22.6 Å². The van der Waals surface area contributed by atoms with Gasteiger partial charge in [-0.15, -0.1) is 0 Å². The van der Waals surface area contributed by atoms with Crippen LogP contribution in [0.2, 0.25) is 0 Å². The molecule has 0 saturated carbocycles. The molecular weight excluding hydrogens is 596 g/mol. The number of aromatic nitrogens is 3. The lowest BCUT2D eigenvalue weighted by Crippen LogP contribution is -2.43. The molecule has 0 bridgehead atoms. The number of phosphoric ester groups is 1. The van der Waals surface area contributed by atoms with Crippen molar-refractivity contribution in [2.45, 2.75) is 36.3 Å². The van der Waals surface area contributed by atoms with E-state index in [1.54, 1.807) is 0 Å². The molecule has 200 valence electrons. The van der Waals surface area contributed by atoms with Crippen LogP contribution in [0.25, 0.3) is 11.0 Å². The molecule has 2 aromatic rings. The molecule has 0 aliphatic carbocycles. The van der Waals surface area contributed by atoms with Gasteiger partial charge in [0.25, 0.3) is 5.56 Å². The number of phosphoric acid groups is 3. The Bertz CT molecular complexity index is 1430. The number of hydrogen-bond donors (Lipinski definition) is 7. The van der Waals surface area contributed by atoms with Crippen LogP contribution in [0.1, 0.15) is 13.2 Å². The van der Waals surface area contributed by atoms with E-state index in [-0.39, 0.29) is 17.0 Å². The Labute approximate surface area is 210 Å². The van der Waals surface area contributed by atoms with Gasteiger partial charge in [-0.05, 0) is 24.6 Å². The Balaban J connectivity index is 1.92. The smallest absolute Gasteiger partial charge is 0.387 e. The maximum absolute atomic E-state index is 12.2. The lowest BCUT2D eigenvalue weighted by molar-refractivity contribution is -0.0727. The average Bonchev–Trinajstić information content (AvgIpc) is 3.18. The van der Waals surface area contributed by atoms with Gasteiger partial charge >= 0.3 is 23.5 Å². The van der Waals surface area contributed by atoms with E-state index in [0.29, 0.717) is 0 Å². The quantitative estimate of drug-likeness (QED) is 0.121. The van der Waals surface area contributed by atoms with Gasteiger partial charge < -0.3 is 39.7 Å². The molecule has 0 aromatic carbocycles. The molecule has 22 heteroatoms. The molecule has 1 aliphatic rings. The highest BCUT2D eigenvalue weighted by Gasteiger charge is 2.58. The van der Waals surface area contributed by atoms with Crippen LogP contribution >= 0.6 is 46.7 Å². The molecule has 1 aliphatic heterocycles. The zero-order valence-corrected chi connectivity index (χ0v) is 21.7. The molecule has 7 atom stereocenters. The van der Waals surface area contributed by atoms with Crippen LogP contribution < -0.4 is 11.3 Å². The maximum Gasteiger partial charge on any atom is 0.490 e. The Kier molecular flexibility index (Phi) is 8.21. The normalized spacial score (nSPS) is 28.7. The number of rotatable bonds is 8. The van der Waals surface area contributed by atoms with Crippen LogP contribution in [-0.2, 0) is 31.6 Å². The summed E-state index contributed by atoms with van der Waals surface area (Å²) in [6.07, 6.45) is -5.23. The lowest BCUT2D eigenvalue weighted by Gasteiger charge is -2.26. The maximum atomic E-state index is 12.2. The number of nitrogens with one attached hydrogen (secondary N) is 1. The first kappa shape index (κ1) is 29.2. The average molecular weight is 613 g/mol. The second-order valence-electron chi connectivity index (χ2n) is 7.20. The molecule has 3 rings (SSSR count). The highest BCUT2D eigenvalue weighted by Crippen LogP contribution is 2.66. The van der Waals surface area contributed by atoms with Crippen molar-refractivity contribution in [3.8, 4) is 11.3 Å². The highest BCUT2D eigenvalue weighted by atomic mass is 35.5. The first-order valence-corrected chi connectivity index (χ1v) is 14.5. The zero-order valence-electron chi connectivity index (χ0n) is 17.5. The van der Waals surface area contributed by atoms with Crippen molar-refractivity contribution < 1.29 is 56.3 Å². The van der Waals surface area contributed by atoms with Gasteiger partial charge in [0.2, 0.25) is 5.95 Å². The zero-order chi connectivity index (χ0) is 27.3. The fourth-order valence-corrected chi connectivity index (χ4v) is 7.10. The first-order chi connectivity index (χ1) is 16.4. The van der Waals surface area contributed by atoms with E-state index in [0.717, 1.165) is 6.92 Å². The van der Waals surface area contributed by atoms with E-state index in [1.807, 2.05) is 5.38 Å². The fourth-order valence-electron chi connectivity index (χ4n) is 3.37. The van der Waals surface area contributed by atoms with E-state index < -0.39 is 58.4 Å². The Hall–Kier alpha value is -1.31. The van der Waals surface area contributed by atoms with Gasteiger partial charge in [-0.1, -0.05) is 17.5 Å². The van der Waals surface area contributed by atoms with E-state index >= 15 is 0 Å². The molecule has 1 saturated heterocycles. The number of hydrogen-bond acceptors (Lipinski definition) is 11. The molecule has 2 aromatic heterocycles. The molecule has 8 N–H and O–H groups in total. The molecule has 3 heterocycles. The van der Waals surface area contributed by atoms with Crippen LogP contribution in [0, 0.1) is 11.3 Å². The van der Waals surface area contributed by atoms with Crippen molar-refractivity contribution in [1.82, 2.24) is 14.5 Å². The van der Waals surface area contributed by atoms with Crippen molar-refractivity contribution in [3.63, 3.8) is 0 Å². The predicted octanol–water partition coefficient (Wildman–Crippen LogP) is 0.474. The minimum atomic E-state index is -5.79. The van der Waals surface area contributed by atoms with E-state index in [1.165, 1.54) is 16.8 Å². The number of aliphatic hydroxyl groups excluding tert-OH is 1. The van der Waals surface area contributed by atoms with Crippen molar-refractivity contribution in [2.75, 3.05) is 5.73 Å². The van der Waals surface area contributed by atoms with Gasteiger partial charge in [-0.3, -0.25) is 14.3 Å². The number of alkyl halides is 1. The van der Waals surface area contributed by atoms with E-state index in [4.69, 9.17) is 48.0 Å². The highest BCUT2D eigenvalue weighted by molar-refractivity contribution is 7.66. The van der Waals surface area contributed by atoms with Gasteiger partial charge in [0, 0.05) is 11.6 Å². The third-order valence-electron chi connectivity index (χ3n) is 4.66. The number of H-pyrrole nitrogens is 1. The minimum Gasteiger partial charge on any atom is -0.387 e. The summed E-state index contributed by atoms with van der Waals surface area (Å²) in [5.74, 6) is 2.09. The lowest BCUT2D eigenvalue weighted by atomic mass is 9.97. The summed E-state index contributed by atoms with van der Waals surface area (Å²) in [5.41, 5.74) is 4.96. The van der Waals surface area contributed by atoms with Crippen LogP contribution in [0.5, 0.6) is 0 Å². The Morgan fingerprint density at radius 2 is 1.92 bits per heavy atom. The number of halogens is 2. The number of nitrogens with two attached hydrogens (primary N) is 1. The number of nitrogen functional groups attached to an aromatic ring is 1. The van der Waals surface area contributed by atoms with E-state index in [2.05, 4.69) is 24.5 Å². The Morgan fingerprint density at radius 1 is 1.28 bits per heavy atom. The molecule has 3 unspecified atom stereocenters. The molecular formula is C14H17Cl2N4O13P3. The standard InChI is InChI=1S/C14H17Cl2N4O13P3/c1-6(31-35(26,27)33-36(28,29)32-34(23,24)25)8-9(21)14(16,3-4-15)12(30-8)20-5-2-7-10(20)18-13(17)19-11(7)22/h2,5-6,8-9,12,21H,1H3,(H,26,27)(H,28,29)(H2,23,24,25)(H3,17,18,19,22)/t6-,8-,9+,12-,14?/m1/s1. The molecule has 0 radical (unpaired) electrons. The summed E-state index contributed by atoms with van der Waals surface area (Å²) in [5, 5.41) is 12.9. The van der Waals surface area contributed by atoms with Crippen molar-refractivity contribution in [2.24, 2.45) is 0 Å². The Morgan fingerprint density at radius 3 is 2.50 bits per heavy atom. The molecule has 0 spiro atoms. The van der Waals surface area contributed by atoms with Crippen molar-refractivity contribution in [1.29, 1.82) is 0 Å². The van der Waals surface area contributed by atoms with Crippen LogP contribution in [0.4, 0.5) is 5.95 Å². The number of anilines is 1. The van der Waals surface area contributed by atoms with Crippen LogP contribution in [0.3, 0.4) is 0 Å². The summed E-state index contributed by atoms with van der Waals surface area (Å²) in [6, 6.07) is 1.34. The van der Waals surface area contributed by atoms with Crippen molar-refractivity contribution >= 4 is 63.7 Å². The first-order valence-electron chi connectivity index (χ1n) is 9.23. The van der Waals surface area contributed by atoms with Gasteiger partial charge in [-0.25, -0.2) is 13.7 Å². The summed E-state index contributed by atoms with van der Waals surface area (Å²) in [7, 11) is -17.0. The molecule has 0 amide bonds. The molecule has 1 fully saturated rings. The number of aromatic amines is 1. The van der Waals surface area contributed by atoms with Crippen LogP contribution in [-0.4, -0.2) is 62.4 Å². The SMILES string of the molecule is C[C@@H](OP(=O)(O)OP(=O)(O)OP(=O)(O)O)[C@H]1O[C@@H](n2ccc3c(=O)[nH]c(N)nc32)C(Cl)(C#CCl)[C@H]1O. The number of aliphatic hydroxyl groups is 1. The number of nitrogens with zero attached hydrogens (tertiary/aromatic N) is 2. The fraction of sp³-hybridized carbons (Fsp3) is 0.429. The molecule has 17 nitrogen and oxygen atoms in total. The summed E-state index contributed by atoms with van der Waals surface area (Å²) in [6.45, 7) is 1.06. The second-order valence-corrected chi connectivity index (χ2v) is 12.4. The second kappa shape index (κ2) is 10.1. The van der Waals surface area contributed by atoms with Gasteiger partial charge in [0.05, 0.1) is 11.5 Å². The molecule has 36 heavy (non-hydrogen) atoms. The summed E-state index contributed by atoms with van der Waals surface area (Å²) >= 11 is 12.0. The minimum absolute atomic E-state index is 0.0314. The number of fused-ring (bicyclic) bond motifs is 1. The predicted molar refractivity (Wildman–Crippen MR) is 121 cm³/mol. The topological polar surface area (TPSA) is 266 Å². The van der Waals surface area contributed by atoms with Gasteiger partial charge in [0.1, 0.15) is 12.2 Å². The third kappa shape index (κ3) is 6.21. The summed E-state index contributed by atoms with van der Waals surface area (Å²) < 4.78 is 53.5. The number of ether oxygens (including phenoxy) is 1. The van der Waals surface area contributed by atoms with Crippen LogP contribution in [0.15, 0.2) is 17.1 Å². The van der Waals surface area contributed by atoms with Gasteiger partial charge in [0.15, 0.2) is 16.7 Å². The monoisotopic (exact) mass is 612 g/mol.